The largest absolute Gasteiger partial charge is 0.465 e. The van der Waals surface area contributed by atoms with E-state index < -0.39 is 0 Å². The molecule has 0 fully saturated rings. The third kappa shape index (κ3) is 3.75. The maximum Gasteiger partial charge on any atom is 0.319 e. The zero-order chi connectivity index (χ0) is 11.3. The second-order valence-electron chi connectivity index (χ2n) is 2.75. The number of aromatic nitrogens is 2. The monoisotopic (exact) mass is 228 g/mol. The van der Waals surface area contributed by atoms with Crippen LogP contribution in [0, 0.1) is 0 Å². The number of ether oxygens (including phenoxy) is 1. The maximum atomic E-state index is 11.3. The minimum Gasteiger partial charge on any atom is -0.465 e. The third-order valence-corrected chi connectivity index (χ3v) is 2.53. The van der Waals surface area contributed by atoms with Gasteiger partial charge in [0.05, 0.1) is 6.61 Å². The molecule has 0 aromatic carbocycles. The number of nitrogens with one attached hydrogen (secondary N) is 1. The van der Waals surface area contributed by atoms with E-state index in [1.807, 2.05) is 0 Å². The Hall–Kier alpha value is -1.30. The number of hydrogen-bond acceptors (Lipinski definition) is 5. The lowest BCUT2D eigenvalue weighted by molar-refractivity contribution is -0.142. The topological polar surface area (TPSA) is 72.0 Å². The third-order valence-electron chi connectivity index (χ3n) is 1.55. The Balaban J connectivity index is 2.62. The molecule has 0 aliphatic heterocycles. The summed E-state index contributed by atoms with van der Waals surface area (Å²) in [6.45, 7) is 3.80. The van der Waals surface area contributed by atoms with Crippen molar-refractivity contribution in [1.29, 1.82) is 0 Å². The van der Waals surface area contributed by atoms with Crippen LogP contribution in [-0.2, 0) is 9.53 Å². The molecule has 1 aromatic heterocycles. The fourth-order valence-corrected chi connectivity index (χ4v) is 1.67. The predicted octanol–water partition coefficient (Wildman–Crippen LogP) is 0.814. The van der Waals surface area contributed by atoms with Gasteiger partial charge in [0.25, 0.3) is 5.56 Å². The van der Waals surface area contributed by atoms with E-state index in [0.29, 0.717) is 11.8 Å². The number of thioether (sulfide) groups is 1. The molecular weight excluding hydrogens is 216 g/mol. The Morgan fingerprint density at radius 2 is 2.47 bits per heavy atom. The zero-order valence-corrected chi connectivity index (χ0v) is 9.34. The van der Waals surface area contributed by atoms with Crippen LogP contribution in [0.5, 0.6) is 0 Å². The Morgan fingerprint density at radius 1 is 1.73 bits per heavy atom. The number of rotatable bonds is 4. The molecule has 1 atom stereocenters. The van der Waals surface area contributed by atoms with Crippen molar-refractivity contribution in [1.82, 2.24) is 9.97 Å². The predicted molar refractivity (Wildman–Crippen MR) is 56.8 cm³/mol. The van der Waals surface area contributed by atoms with E-state index in [9.17, 15) is 9.59 Å². The van der Waals surface area contributed by atoms with Crippen molar-refractivity contribution in [2.45, 2.75) is 24.3 Å². The van der Waals surface area contributed by atoms with Gasteiger partial charge in [-0.05, 0) is 13.8 Å². The minimum absolute atomic E-state index is 0.233. The molecule has 1 rings (SSSR count). The summed E-state index contributed by atoms with van der Waals surface area (Å²) in [5.74, 6) is -0.311. The first-order valence-corrected chi connectivity index (χ1v) is 5.40. The van der Waals surface area contributed by atoms with Gasteiger partial charge in [-0.2, -0.15) is 0 Å². The molecule has 0 amide bonds. The van der Waals surface area contributed by atoms with Gasteiger partial charge in [-0.15, -0.1) is 0 Å². The molecule has 0 saturated carbocycles. The van der Waals surface area contributed by atoms with Crippen molar-refractivity contribution >= 4 is 17.7 Å². The number of hydrogen-bond donors (Lipinski definition) is 1. The van der Waals surface area contributed by atoms with Crippen molar-refractivity contribution in [2.75, 3.05) is 6.61 Å². The summed E-state index contributed by atoms with van der Waals surface area (Å²) in [5, 5.41) is 0.0403. The highest BCUT2D eigenvalue weighted by Crippen LogP contribution is 2.18. The molecule has 0 saturated heterocycles. The molecule has 0 bridgehead atoms. The van der Waals surface area contributed by atoms with E-state index in [0.717, 1.165) is 11.8 Å². The summed E-state index contributed by atoms with van der Waals surface area (Å²) in [5.41, 5.74) is -0.233. The van der Waals surface area contributed by atoms with Gasteiger partial charge in [0, 0.05) is 12.3 Å². The van der Waals surface area contributed by atoms with Crippen LogP contribution in [0.15, 0.2) is 22.2 Å². The van der Waals surface area contributed by atoms with E-state index in [2.05, 4.69) is 9.97 Å². The van der Waals surface area contributed by atoms with Crippen LogP contribution >= 0.6 is 11.8 Å². The highest BCUT2D eigenvalue weighted by Gasteiger charge is 2.16. The molecule has 0 spiro atoms. The summed E-state index contributed by atoms with van der Waals surface area (Å²) >= 11 is 1.16. The van der Waals surface area contributed by atoms with Gasteiger partial charge in [0.15, 0.2) is 5.16 Å². The molecule has 0 aliphatic carbocycles. The van der Waals surface area contributed by atoms with E-state index in [-0.39, 0.29) is 16.8 Å². The van der Waals surface area contributed by atoms with E-state index in [1.165, 1.54) is 12.3 Å². The van der Waals surface area contributed by atoms with Gasteiger partial charge in [-0.3, -0.25) is 9.59 Å². The number of nitrogens with zero attached hydrogens (tertiary/aromatic N) is 1. The van der Waals surface area contributed by atoms with Crippen LogP contribution in [0.2, 0.25) is 0 Å². The first-order chi connectivity index (χ1) is 7.13. The number of carbonyl (C=O) groups excluding carboxylic acids is 1. The van der Waals surface area contributed by atoms with Gasteiger partial charge in [-0.25, -0.2) is 4.98 Å². The normalized spacial score (nSPS) is 12.1. The lowest BCUT2D eigenvalue weighted by Crippen LogP contribution is -2.18. The number of carbonyl (C=O) groups is 1. The summed E-state index contributed by atoms with van der Waals surface area (Å²) in [4.78, 5) is 28.7. The standard InChI is InChI=1S/C9H12N2O3S/c1-3-14-8(13)6(2)15-9-10-5-4-7(12)11-9/h4-6H,3H2,1-2H3,(H,10,11,12). The highest BCUT2D eigenvalue weighted by molar-refractivity contribution is 8.00. The number of aromatic amines is 1. The Kier molecular flexibility index (Phi) is 4.36. The quantitative estimate of drug-likeness (QED) is 0.469. The summed E-state index contributed by atoms with van der Waals surface area (Å²) in [6, 6.07) is 1.32. The molecule has 82 valence electrons. The second kappa shape index (κ2) is 5.55. The molecule has 1 unspecified atom stereocenters. The van der Waals surface area contributed by atoms with Crippen molar-refractivity contribution in [3.63, 3.8) is 0 Å². The van der Waals surface area contributed by atoms with Crippen LogP contribution in [0.4, 0.5) is 0 Å². The average molecular weight is 228 g/mol. The van der Waals surface area contributed by atoms with Gasteiger partial charge < -0.3 is 9.72 Å². The van der Waals surface area contributed by atoms with Crippen molar-refractivity contribution in [2.24, 2.45) is 0 Å². The molecule has 6 heteroatoms. The van der Waals surface area contributed by atoms with Crippen LogP contribution in [0.1, 0.15) is 13.8 Å². The van der Waals surface area contributed by atoms with Crippen LogP contribution in [0.25, 0.3) is 0 Å². The lowest BCUT2D eigenvalue weighted by Gasteiger charge is -2.08. The number of H-pyrrole nitrogens is 1. The fourth-order valence-electron chi connectivity index (χ4n) is 0.887. The Morgan fingerprint density at radius 3 is 3.07 bits per heavy atom. The van der Waals surface area contributed by atoms with Crippen LogP contribution in [-0.4, -0.2) is 27.8 Å². The summed E-state index contributed by atoms with van der Waals surface area (Å²) < 4.78 is 4.83. The van der Waals surface area contributed by atoms with Crippen LogP contribution in [0.3, 0.4) is 0 Å². The van der Waals surface area contributed by atoms with E-state index >= 15 is 0 Å². The lowest BCUT2D eigenvalue weighted by atomic mass is 10.5. The zero-order valence-electron chi connectivity index (χ0n) is 8.52. The molecule has 15 heavy (non-hydrogen) atoms. The highest BCUT2D eigenvalue weighted by atomic mass is 32.2. The Labute approximate surface area is 91.3 Å². The summed E-state index contributed by atoms with van der Waals surface area (Å²) in [6.07, 6.45) is 1.40. The second-order valence-corrected chi connectivity index (χ2v) is 4.08. The van der Waals surface area contributed by atoms with Crippen molar-refractivity contribution < 1.29 is 9.53 Å². The van der Waals surface area contributed by atoms with Gasteiger partial charge in [0.2, 0.25) is 0 Å². The maximum absolute atomic E-state index is 11.3. The van der Waals surface area contributed by atoms with Crippen molar-refractivity contribution in [3.8, 4) is 0 Å². The van der Waals surface area contributed by atoms with Gasteiger partial charge in [0.1, 0.15) is 5.25 Å². The molecule has 1 heterocycles. The van der Waals surface area contributed by atoms with Crippen molar-refractivity contribution in [3.05, 3.63) is 22.6 Å². The molecule has 1 N–H and O–H groups in total. The smallest absolute Gasteiger partial charge is 0.319 e. The molecule has 0 aliphatic rings. The van der Waals surface area contributed by atoms with Gasteiger partial charge >= 0.3 is 5.97 Å². The van der Waals surface area contributed by atoms with E-state index in [1.54, 1.807) is 13.8 Å². The SMILES string of the molecule is CCOC(=O)C(C)Sc1nccc(=O)[nH]1. The number of esters is 1. The van der Waals surface area contributed by atoms with Crippen LogP contribution < -0.4 is 5.56 Å². The first kappa shape index (κ1) is 11.8. The average Bonchev–Trinajstić information content (AvgIpc) is 2.18. The molecule has 1 aromatic rings. The fraction of sp³-hybridized carbons (Fsp3) is 0.444. The molecule has 5 nitrogen and oxygen atoms in total. The summed E-state index contributed by atoms with van der Waals surface area (Å²) in [7, 11) is 0. The Bertz CT molecular complexity index is 391. The van der Waals surface area contributed by atoms with Gasteiger partial charge in [-0.1, -0.05) is 11.8 Å². The molecule has 0 radical (unpaired) electrons. The van der Waals surface area contributed by atoms with E-state index in [4.69, 9.17) is 4.74 Å². The first-order valence-electron chi connectivity index (χ1n) is 4.52. The minimum atomic E-state index is -0.379. The molecular formula is C9H12N2O3S.